The van der Waals surface area contributed by atoms with Gasteiger partial charge in [0.15, 0.2) is 0 Å². The molecular weight excluding hydrogens is 250 g/mol. The van der Waals surface area contributed by atoms with Crippen molar-refractivity contribution in [1.82, 2.24) is 9.80 Å². The molecule has 1 aliphatic rings. The standard InChI is InChI=1S/C16H25N3O/c17-9-4-10-18-11-13-19(14-12-18)16(20)8-7-15-5-2-1-3-6-15/h1-3,5-6H,4,7-14,17H2. The van der Waals surface area contributed by atoms with Crippen molar-refractivity contribution in [3.05, 3.63) is 35.9 Å². The van der Waals surface area contributed by atoms with Crippen LogP contribution in [0.3, 0.4) is 0 Å². The van der Waals surface area contributed by atoms with Gasteiger partial charge in [-0.25, -0.2) is 0 Å². The van der Waals surface area contributed by atoms with E-state index < -0.39 is 0 Å². The van der Waals surface area contributed by atoms with Crippen molar-refractivity contribution >= 4 is 5.91 Å². The summed E-state index contributed by atoms with van der Waals surface area (Å²) >= 11 is 0. The summed E-state index contributed by atoms with van der Waals surface area (Å²) in [7, 11) is 0. The van der Waals surface area contributed by atoms with Crippen LogP contribution in [0.1, 0.15) is 18.4 Å². The summed E-state index contributed by atoms with van der Waals surface area (Å²) in [5.74, 6) is 0.285. The molecule has 1 fully saturated rings. The van der Waals surface area contributed by atoms with Crippen LogP contribution in [-0.2, 0) is 11.2 Å². The highest BCUT2D eigenvalue weighted by Gasteiger charge is 2.20. The van der Waals surface area contributed by atoms with Crippen LogP contribution in [0, 0.1) is 0 Å². The minimum atomic E-state index is 0.285. The molecule has 1 aliphatic heterocycles. The fraction of sp³-hybridized carbons (Fsp3) is 0.562. The molecule has 1 heterocycles. The molecule has 1 aromatic carbocycles. The third-order valence-corrected chi connectivity index (χ3v) is 3.87. The van der Waals surface area contributed by atoms with Gasteiger partial charge in [0, 0.05) is 32.6 Å². The number of benzene rings is 1. The fourth-order valence-electron chi connectivity index (χ4n) is 2.59. The van der Waals surface area contributed by atoms with Crippen molar-refractivity contribution in [2.45, 2.75) is 19.3 Å². The number of hydrogen-bond acceptors (Lipinski definition) is 3. The molecule has 4 heteroatoms. The van der Waals surface area contributed by atoms with Gasteiger partial charge in [-0.05, 0) is 31.5 Å². The lowest BCUT2D eigenvalue weighted by Crippen LogP contribution is -2.49. The van der Waals surface area contributed by atoms with E-state index in [9.17, 15) is 4.79 Å². The molecule has 2 N–H and O–H groups in total. The Labute approximate surface area is 121 Å². The summed E-state index contributed by atoms with van der Waals surface area (Å²) in [4.78, 5) is 16.6. The lowest BCUT2D eigenvalue weighted by Gasteiger charge is -2.34. The molecule has 2 rings (SSSR count). The molecule has 1 amide bonds. The second kappa shape index (κ2) is 8.02. The number of hydrogen-bond donors (Lipinski definition) is 1. The number of nitrogens with two attached hydrogens (primary N) is 1. The first-order valence-electron chi connectivity index (χ1n) is 7.53. The van der Waals surface area contributed by atoms with Crippen molar-refractivity contribution in [3.63, 3.8) is 0 Å². The number of carbonyl (C=O) groups excluding carboxylic acids is 1. The van der Waals surface area contributed by atoms with Gasteiger partial charge in [0.25, 0.3) is 0 Å². The largest absolute Gasteiger partial charge is 0.340 e. The molecule has 0 spiro atoms. The predicted octanol–water partition coefficient (Wildman–Crippen LogP) is 1.11. The molecule has 1 aromatic rings. The summed E-state index contributed by atoms with van der Waals surface area (Å²) in [5, 5.41) is 0. The maximum atomic E-state index is 12.2. The Hall–Kier alpha value is -1.39. The van der Waals surface area contributed by atoms with Crippen molar-refractivity contribution in [1.29, 1.82) is 0 Å². The van der Waals surface area contributed by atoms with E-state index in [4.69, 9.17) is 5.73 Å². The van der Waals surface area contributed by atoms with Gasteiger partial charge in [0.1, 0.15) is 0 Å². The Morgan fingerprint density at radius 3 is 2.45 bits per heavy atom. The van der Waals surface area contributed by atoms with E-state index >= 15 is 0 Å². The zero-order chi connectivity index (χ0) is 14.2. The van der Waals surface area contributed by atoms with Crippen LogP contribution < -0.4 is 5.73 Å². The van der Waals surface area contributed by atoms with Gasteiger partial charge >= 0.3 is 0 Å². The average Bonchev–Trinajstić information content (AvgIpc) is 2.52. The second-order valence-corrected chi connectivity index (χ2v) is 5.35. The SMILES string of the molecule is NCCCN1CCN(C(=O)CCc2ccccc2)CC1. The number of amides is 1. The highest BCUT2D eigenvalue weighted by Crippen LogP contribution is 2.08. The molecule has 0 saturated carbocycles. The molecule has 0 atom stereocenters. The molecule has 20 heavy (non-hydrogen) atoms. The van der Waals surface area contributed by atoms with Gasteiger partial charge in [-0.1, -0.05) is 30.3 Å². The number of carbonyl (C=O) groups is 1. The maximum absolute atomic E-state index is 12.2. The van der Waals surface area contributed by atoms with Crippen LogP contribution >= 0.6 is 0 Å². The third kappa shape index (κ3) is 4.62. The summed E-state index contributed by atoms with van der Waals surface area (Å²) in [6.07, 6.45) is 2.50. The van der Waals surface area contributed by atoms with Crippen LogP contribution in [0.4, 0.5) is 0 Å². The highest BCUT2D eigenvalue weighted by atomic mass is 16.2. The minimum Gasteiger partial charge on any atom is -0.340 e. The first-order valence-corrected chi connectivity index (χ1v) is 7.53. The number of piperazine rings is 1. The van der Waals surface area contributed by atoms with Crippen molar-refractivity contribution in [2.24, 2.45) is 5.73 Å². The summed E-state index contributed by atoms with van der Waals surface area (Å²) in [6, 6.07) is 10.2. The van der Waals surface area contributed by atoms with Crippen LogP contribution in [0.5, 0.6) is 0 Å². The molecule has 0 aromatic heterocycles. The van der Waals surface area contributed by atoms with Crippen molar-refractivity contribution in [2.75, 3.05) is 39.3 Å². The van der Waals surface area contributed by atoms with Crippen LogP contribution in [0.2, 0.25) is 0 Å². The Bertz CT molecular complexity index is 399. The number of nitrogens with zero attached hydrogens (tertiary/aromatic N) is 2. The Morgan fingerprint density at radius 2 is 1.80 bits per heavy atom. The maximum Gasteiger partial charge on any atom is 0.222 e. The lowest BCUT2D eigenvalue weighted by atomic mass is 10.1. The molecule has 1 saturated heterocycles. The van der Waals surface area contributed by atoms with Gasteiger partial charge in [0.05, 0.1) is 0 Å². The summed E-state index contributed by atoms with van der Waals surface area (Å²) in [6.45, 7) is 5.49. The summed E-state index contributed by atoms with van der Waals surface area (Å²) in [5.41, 5.74) is 6.76. The van der Waals surface area contributed by atoms with Gasteiger partial charge in [-0.15, -0.1) is 0 Å². The first-order chi connectivity index (χ1) is 9.79. The average molecular weight is 275 g/mol. The Balaban J connectivity index is 1.69. The fourth-order valence-corrected chi connectivity index (χ4v) is 2.59. The van der Waals surface area contributed by atoms with Gasteiger partial charge in [-0.2, -0.15) is 0 Å². The molecule has 0 aliphatic carbocycles. The molecule has 0 unspecified atom stereocenters. The van der Waals surface area contributed by atoms with Crippen LogP contribution in [-0.4, -0.2) is 55.0 Å². The van der Waals surface area contributed by atoms with Crippen LogP contribution in [0.25, 0.3) is 0 Å². The smallest absolute Gasteiger partial charge is 0.222 e. The lowest BCUT2D eigenvalue weighted by molar-refractivity contribution is -0.132. The van der Waals surface area contributed by atoms with Gasteiger partial charge in [-0.3, -0.25) is 9.69 Å². The van der Waals surface area contributed by atoms with Gasteiger partial charge in [0.2, 0.25) is 5.91 Å². The van der Waals surface area contributed by atoms with Crippen molar-refractivity contribution in [3.8, 4) is 0 Å². The van der Waals surface area contributed by atoms with E-state index in [0.29, 0.717) is 6.42 Å². The molecule has 0 bridgehead atoms. The van der Waals surface area contributed by atoms with E-state index in [1.807, 2.05) is 23.1 Å². The topological polar surface area (TPSA) is 49.6 Å². The summed E-state index contributed by atoms with van der Waals surface area (Å²) < 4.78 is 0. The van der Waals surface area contributed by atoms with E-state index in [1.165, 1.54) is 5.56 Å². The monoisotopic (exact) mass is 275 g/mol. The molecule has 110 valence electrons. The zero-order valence-corrected chi connectivity index (χ0v) is 12.1. The second-order valence-electron chi connectivity index (χ2n) is 5.35. The molecule has 4 nitrogen and oxygen atoms in total. The molecule has 0 radical (unpaired) electrons. The van der Waals surface area contributed by atoms with E-state index in [1.54, 1.807) is 0 Å². The predicted molar refractivity (Wildman–Crippen MR) is 81.5 cm³/mol. The van der Waals surface area contributed by atoms with Gasteiger partial charge < -0.3 is 10.6 Å². The van der Waals surface area contributed by atoms with E-state index in [-0.39, 0.29) is 5.91 Å². The van der Waals surface area contributed by atoms with E-state index in [2.05, 4.69) is 17.0 Å². The van der Waals surface area contributed by atoms with Crippen molar-refractivity contribution < 1.29 is 4.79 Å². The Morgan fingerprint density at radius 1 is 1.10 bits per heavy atom. The normalized spacial score (nSPS) is 16.4. The Kier molecular flexibility index (Phi) is 6.02. The van der Waals surface area contributed by atoms with E-state index in [0.717, 1.165) is 52.1 Å². The first kappa shape index (κ1) is 15.0. The third-order valence-electron chi connectivity index (χ3n) is 3.87. The van der Waals surface area contributed by atoms with Crippen LogP contribution in [0.15, 0.2) is 30.3 Å². The zero-order valence-electron chi connectivity index (χ0n) is 12.1. The molecular formula is C16H25N3O. The highest BCUT2D eigenvalue weighted by molar-refractivity contribution is 5.76. The quantitative estimate of drug-likeness (QED) is 0.846. The number of rotatable bonds is 6. The minimum absolute atomic E-state index is 0.285. The number of aryl methyl sites for hydroxylation is 1.